The maximum atomic E-state index is 10.9. The number of carbonyl (C=O) groups is 2. The first-order valence-corrected chi connectivity index (χ1v) is 12.6. The lowest BCUT2D eigenvalue weighted by Gasteiger charge is -2.12. The Morgan fingerprint density at radius 1 is 1.15 bits per heavy atom. The smallest absolute Gasteiger partial charge is 0.273 e. The average molecular weight is 495 g/mol. The van der Waals surface area contributed by atoms with E-state index in [0.29, 0.717) is 36.2 Å². The number of thiazole rings is 1. The summed E-state index contributed by atoms with van der Waals surface area (Å²) in [6, 6.07) is 6.61. The van der Waals surface area contributed by atoms with Gasteiger partial charge in [0.15, 0.2) is 0 Å². The van der Waals surface area contributed by atoms with Crippen molar-refractivity contribution in [1.29, 1.82) is 0 Å². The fraction of sp³-hybridized carbons (Fsp3) is 0.542. The number of hydrogen-bond acceptors (Lipinski definition) is 8. The molecule has 1 aromatic carbocycles. The van der Waals surface area contributed by atoms with Gasteiger partial charge in [0.1, 0.15) is 25.1 Å². The summed E-state index contributed by atoms with van der Waals surface area (Å²) in [5.41, 5.74) is 5.60. The lowest BCUT2D eigenvalue weighted by Crippen LogP contribution is -2.33. The number of rotatable bonds is 18. The predicted octanol–water partition coefficient (Wildman–Crippen LogP) is 2.74. The van der Waals surface area contributed by atoms with Crippen LogP contribution in [0.1, 0.15) is 55.8 Å². The number of nitrogens with two attached hydrogens (primary N) is 1. The monoisotopic (exact) mass is 494 g/mol. The van der Waals surface area contributed by atoms with Crippen LogP contribution in [0, 0.1) is 0 Å². The van der Waals surface area contributed by atoms with Gasteiger partial charge in [-0.15, -0.1) is 0 Å². The highest BCUT2D eigenvalue weighted by atomic mass is 32.1. The third-order valence-corrected chi connectivity index (χ3v) is 5.32. The van der Waals surface area contributed by atoms with E-state index in [4.69, 9.17) is 15.2 Å². The largest absolute Gasteiger partial charge is 0.492 e. The molecule has 1 unspecified atom stereocenters. The second-order valence-electron chi connectivity index (χ2n) is 7.54. The van der Waals surface area contributed by atoms with E-state index in [1.165, 1.54) is 43.4 Å². The van der Waals surface area contributed by atoms with Gasteiger partial charge >= 0.3 is 0 Å². The van der Waals surface area contributed by atoms with Crippen LogP contribution in [0.15, 0.2) is 35.8 Å². The molecule has 0 bridgehead atoms. The van der Waals surface area contributed by atoms with Gasteiger partial charge in [0.25, 0.3) is 5.19 Å². The maximum absolute atomic E-state index is 10.9. The van der Waals surface area contributed by atoms with E-state index in [1.54, 1.807) is 30.5 Å². The number of unbranched alkanes of at least 4 members (excludes halogenated alkanes) is 5. The Morgan fingerprint density at radius 3 is 2.53 bits per heavy atom. The zero-order chi connectivity index (χ0) is 24.9. The normalized spacial score (nSPS) is 11.1. The number of aromatic nitrogens is 1. The molecule has 1 heterocycles. The van der Waals surface area contributed by atoms with E-state index in [2.05, 4.69) is 22.5 Å². The molecule has 0 aliphatic heterocycles. The Bertz CT molecular complexity index is 759. The Kier molecular flexibility index (Phi) is 17.0. The van der Waals surface area contributed by atoms with Crippen LogP contribution in [0.25, 0.3) is 0 Å². The lowest BCUT2D eigenvalue weighted by molar-refractivity contribution is -0.109. The van der Waals surface area contributed by atoms with Crippen molar-refractivity contribution < 1.29 is 24.2 Å². The fourth-order valence-electron chi connectivity index (χ4n) is 2.80. The van der Waals surface area contributed by atoms with Gasteiger partial charge in [-0.25, -0.2) is 4.98 Å². The minimum Gasteiger partial charge on any atom is -0.492 e. The van der Waals surface area contributed by atoms with Gasteiger partial charge in [0.2, 0.25) is 12.3 Å². The average Bonchev–Trinajstić information content (AvgIpc) is 3.36. The van der Waals surface area contributed by atoms with Crippen LogP contribution in [0.3, 0.4) is 0 Å². The van der Waals surface area contributed by atoms with Gasteiger partial charge in [-0.2, -0.15) is 0 Å². The van der Waals surface area contributed by atoms with Crippen LogP contribution in [0.4, 0.5) is 0 Å². The van der Waals surface area contributed by atoms with E-state index in [-0.39, 0.29) is 6.61 Å². The number of amides is 2. The van der Waals surface area contributed by atoms with E-state index < -0.39 is 12.0 Å². The zero-order valence-corrected chi connectivity index (χ0v) is 20.7. The second-order valence-corrected chi connectivity index (χ2v) is 8.40. The molecule has 34 heavy (non-hydrogen) atoms. The summed E-state index contributed by atoms with van der Waals surface area (Å²) in [5.74, 6) is 0.191. The standard InChI is InChI=1S/C15H19N3O4S.C9H19NO/c16-14(20)11-1-3-13(4-2-11)21-7-5-17-9-12(19)10-22-15-18-6-8-23-15;1-2-3-4-5-6-7-8-10-9-11/h1-4,6,8,12,17,19H,5,7,9-10H2,(H2,16,20);9H,2-8H2,1H3,(H,10,11). The first kappa shape index (κ1) is 29.3. The van der Waals surface area contributed by atoms with Crippen molar-refractivity contribution in [2.45, 2.75) is 51.6 Å². The fourth-order valence-corrected chi connectivity index (χ4v) is 3.30. The molecule has 0 spiro atoms. The quantitative estimate of drug-likeness (QED) is 0.185. The number of nitrogens with one attached hydrogen (secondary N) is 2. The van der Waals surface area contributed by atoms with Crippen molar-refractivity contribution in [3.05, 3.63) is 41.4 Å². The van der Waals surface area contributed by atoms with Crippen molar-refractivity contribution in [2.24, 2.45) is 5.73 Å². The second kappa shape index (κ2) is 19.7. The number of ether oxygens (including phenoxy) is 2. The molecule has 10 heteroatoms. The number of nitrogens with zero attached hydrogens (tertiary/aromatic N) is 1. The summed E-state index contributed by atoms with van der Waals surface area (Å²) in [6.45, 7) is 4.66. The molecule has 0 aliphatic rings. The Balaban J connectivity index is 0.000000445. The molecule has 2 amide bonds. The molecule has 0 saturated carbocycles. The molecule has 190 valence electrons. The number of benzene rings is 1. The summed E-state index contributed by atoms with van der Waals surface area (Å²) in [6.07, 6.45) is 9.49. The lowest BCUT2D eigenvalue weighted by atomic mass is 10.1. The summed E-state index contributed by atoms with van der Waals surface area (Å²) >= 11 is 1.38. The van der Waals surface area contributed by atoms with Gasteiger partial charge in [0.05, 0.1) is 0 Å². The van der Waals surface area contributed by atoms with Crippen LogP contribution in [-0.4, -0.2) is 61.4 Å². The molecule has 2 aromatic rings. The van der Waals surface area contributed by atoms with Crippen molar-refractivity contribution in [3.63, 3.8) is 0 Å². The molecule has 2 rings (SSSR count). The van der Waals surface area contributed by atoms with Crippen LogP contribution < -0.4 is 25.8 Å². The molecule has 0 saturated heterocycles. The van der Waals surface area contributed by atoms with Gasteiger partial charge in [-0.1, -0.05) is 50.4 Å². The molecule has 1 aromatic heterocycles. The van der Waals surface area contributed by atoms with Crippen LogP contribution in [0.2, 0.25) is 0 Å². The molecule has 9 nitrogen and oxygen atoms in total. The van der Waals surface area contributed by atoms with Crippen molar-refractivity contribution >= 4 is 23.7 Å². The zero-order valence-electron chi connectivity index (χ0n) is 19.9. The Labute approximate surface area is 206 Å². The van der Waals surface area contributed by atoms with Crippen LogP contribution in [0.5, 0.6) is 10.9 Å². The third kappa shape index (κ3) is 15.2. The van der Waals surface area contributed by atoms with E-state index in [1.807, 2.05) is 5.38 Å². The summed E-state index contributed by atoms with van der Waals surface area (Å²) in [4.78, 5) is 24.7. The highest BCUT2D eigenvalue weighted by Crippen LogP contribution is 2.13. The van der Waals surface area contributed by atoms with E-state index in [9.17, 15) is 14.7 Å². The summed E-state index contributed by atoms with van der Waals surface area (Å²) in [7, 11) is 0. The number of aliphatic hydroxyl groups is 1. The van der Waals surface area contributed by atoms with E-state index >= 15 is 0 Å². The number of primary amides is 1. The Hall–Kier alpha value is -2.69. The maximum Gasteiger partial charge on any atom is 0.273 e. The van der Waals surface area contributed by atoms with E-state index in [0.717, 1.165) is 19.4 Å². The van der Waals surface area contributed by atoms with Gasteiger partial charge < -0.3 is 30.9 Å². The predicted molar refractivity (Wildman–Crippen MR) is 134 cm³/mol. The summed E-state index contributed by atoms with van der Waals surface area (Å²) in [5, 5.41) is 17.8. The SMILES string of the molecule is CCCCCCCCNC=O.NC(=O)c1ccc(OCCNCC(O)COc2nccs2)cc1. The first-order valence-electron chi connectivity index (χ1n) is 11.7. The number of aliphatic hydroxyl groups excluding tert-OH is 1. The molecular weight excluding hydrogens is 456 g/mol. The molecule has 1 atom stereocenters. The van der Waals surface area contributed by atoms with Crippen molar-refractivity contribution in [2.75, 3.05) is 32.8 Å². The molecular formula is C24H38N4O5S. The summed E-state index contributed by atoms with van der Waals surface area (Å²) < 4.78 is 10.8. The van der Waals surface area contributed by atoms with Gasteiger partial charge in [-0.3, -0.25) is 9.59 Å². The number of carbonyl (C=O) groups excluding carboxylic acids is 2. The molecule has 0 aliphatic carbocycles. The van der Waals surface area contributed by atoms with Crippen LogP contribution in [-0.2, 0) is 4.79 Å². The van der Waals surface area contributed by atoms with Crippen molar-refractivity contribution in [3.8, 4) is 10.9 Å². The highest BCUT2D eigenvalue weighted by molar-refractivity contribution is 7.11. The van der Waals surface area contributed by atoms with Gasteiger partial charge in [0, 0.05) is 36.8 Å². The topological polar surface area (TPSA) is 136 Å². The molecule has 0 radical (unpaired) electrons. The first-order chi connectivity index (χ1) is 16.6. The third-order valence-electron chi connectivity index (χ3n) is 4.63. The highest BCUT2D eigenvalue weighted by Gasteiger charge is 2.06. The van der Waals surface area contributed by atoms with Gasteiger partial charge in [-0.05, 0) is 30.7 Å². The minimum atomic E-state index is -0.617. The number of hydrogen-bond donors (Lipinski definition) is 4. The minimum absolute atomic E-state index is 0.190. The molecule has 0 fully saturated rings. The van der Waals surface area contributed by atoms with Crippen LogP contribution >= 0.6 is 11.3 Å². The molecule has 5 N–H and O–H groups in total. The van der Waals surface area contributed by atoms with Crippen molar-refractivity contribution in [1.82, 2.24) is 15.6 Å². The Morgan fingerprint density at radius 2 is 1.88 bits per heavy atom.